The van der Waals surface area contributed by atoms with E-state index in [1.807, 2.05) is 6.92 Å². The number of aryl methyl sites for hydroxylation is 1. The number of aromatic nitrogens is 2. The number of hydrazine groups is 1. The summed E-state index contributed by atoms with van der Waals surface area (Å²) in [4.78, 5) is 8.48. The van der Waals surface area contributed by atoms with Crippen molar-refractivity contribution in [2.24, 2.45) is 5.84 Å². The van der Waals surface area contributed by atoms with Crippen LogP contribution in [0.5, 0.6) is 0 Å². The predicted octanol–water partition coefficient (Wildman–Crippen LogP) is 1.18. The summed E-state index contributed by atoms with van der Waals surface area (Å²) >= 11 is 0. The van der Waals surface area contributed by atoms with E-state index in [2.05, 4.69) is 20.7 Å². The number of anilines is 2. The third-order valence-corrected chi connectivity index (χ3v) is 3.49. The summed E-state index contributed by atoms with van der Waals surface area (Å²) < 4.78 is 0. The van der Waals surface area contributed by atoms with E-state index in [1.54, 1.807) is 6.07 Å². The first kappa shape index (κ1) is 13.0. The zero-order valence-corrected chi connectivity index (χ0v) is 10.7. The van der Waals surface area contributed by atoms with Crippen LogP contribution in [-0.4, -0.2) is 27.2 Å². The third-order valence-electron chi connectivity index (χ3n) is 3.49. The number of nitrogens with two attached hydrogens (primary N) is 1. The van der Waals surface area contributed by atoms with Crippen LogP contribution in [0.1, 0.15) is 37.9 Å². The number of nitrogen functional groups attached to an aromatic ring is 1. The van der Waals surface area contributed by atoms with Crippen molar-refractivity contribution in [3.05, 3.63) is 11.9 Å². The summed E-state index contributed by atoms with van der Waals surface area (Å²) in [6, 6.07) is 1.76. The van der Waals surface area contributed by atoms with Gasteiger partial charge in [0.15, 0.2) is 0 Å². The van der Waals surface area contributed by atoms with Crippen molar-refractivity contribution in [1.29, 1.82) is 0 Å². The van der Waals surface area contributed by atoms with Gasteiger partial charge in [0.25, 0.3) is 0 Å². The Kier molecular flexibility index (Phi) is 3.98. The van der Waals surface area contributed by atoms with Crippen molar-refractivity contribution in [3.63, 3.8) is 0 Å². The molecule has 1 aromatic heterocycles. The maximum absolute atomic E-state index is 9.65. The van der Waals surface area contributed by atoms with Crippen LogP contribution in [-0.2, 0) is 0 Å². The molecule has 1 saturated carbocycles. The second kappa shape index (κ2) is 5.49. The molecular formula is C12H21N5O. The highest BCUT2D eigenvalue weighted by Crippen LogP contribution is 2.31. The van der Waals surface area contributed by atoms with Crippen molar-refractivity contribution in [3.8, 4) is 0 Å². The van der Waals surface area contributed by atoms with Gasteiger partial charge in [-0.2, -0.15) is 0 Å². The average Bonchev–Trinajstić information content (AvgIpc) is 2.39. The molecule has 0 aromatic carbocycles. The van der Waals surface area contributed by atoms with Crippen LogP contribution in [0.3, 0.4) is 0 Å². The Morgan fingerprint density at radius 1 is 1.28 bits per heavy atom. The second-order valence-electron chi connectivity index (χ2n) is 4.95. The van der Waals surface area contributed by atoms with Crippen molar-refractivity contribution in [1.82, 2.24) is 9.97 Å². The first-order valence-corrected chi connectivity index (χ1v) is 6.39. The summed E-state index contributed by atoms with van der Waals surface area (Å²) in [7, 11) is 0. The highest BCUT2D eigenvalue weighted by Gasteiger charge is 2.31. The zero-order chi connectivity index (χ0) is 13.0. The van der Waals surface area contributed by atoms with Gasteiger partial charge in [-0.1, -0.05) is 19.3 Å². The molecule has 0 bridgehead atoms. The van der Waals surface area contributed by atoms with E-state index < -0.39 is 0 Å². The van der Waals surface area contributed by atoms with Crippen LogP contribution in [0.4, 0.5) is 11.6 Å². The SMILES string of the molecule is Cc1nc(NN)cc(NC2(CO)CCCCC2)n1. The number of rotatable bonds is 4. The van der Waals surface area contributed by atoms with Crippen LogP contribution in [0.25, 0.3) is 0 Å². The molecule has 6 heteroatoms. The Balaban J connectivity index is 2.18. The average molecular weight is 251 g/mol. The van der Waals surface area contributed by atoms with Crippen molar-refractivity contribution in [2.45, 2.75) is 44.6 Å². The van der Waals surface area contributed by atoms with Gasteiger partial charge in [0.1, 0.15) is 17.5 Å². The fourth-order valence-corrected chi connectivity index (χ4v) is 2.53. The number of hydrogen-bond acceptors (Lipinski definition) is 6. The lowest BCUT2D eigenvalue weighted by Gasteiger charge is -2.37. The topological polar surface area (TPSA) is 96.1 Å². The summed E-state index contributed by atoms with van der Waals surface area (Å²) in [5.41, 5.74) is 2.28. The molecule has 100 valence electrons. The molecule has 1 heterocycles. The predicted molar refractivity (Wildman–Crippen MR) is 71.1 cm³/mol. The molecule has 0 unspecified atom stereocenters. The Bertz CT molecular complexity index is 403. The normalized spacial score (nSPS) is 18.4. The molecule has 1 fully saturated rings. The molecule has 0 amide bonds. The molecule has 0 saturated heterocycles. The van der Waals surface area contributed by atoms with E-state index in [0.717, 1.165) is 25.7 Å². The lowest BCUT2D eigenvalue weighted by Crippen LogP contribution is -2.44. The number of hydrogen-bond donors (Lipinski definition) is 4. The van der Waals surface area contributed by atoms with Gasteiger partial charge in [-0.15, -0.1) is 0 Å². The number of nitrogens with one attached hydrogen (secondary N) is 2. The van der Waals surface area contributed by atoms with Crippen LogP contribution < -0.4 is 16.6 Å². The van der Waals surface area contributed by atoms with Crippen LogP contribution in [0.2, 0.25) is 0 Å². The summed E-state index contributed by atoms with van der Waals surface area (Å²) in [5, 5.41) is 13.0. The highest BCUT2D eigenvalue weighted by atomic mass is 16.3. The van der Waals surface area contributed by atoms with Gasteiger partial charge in [0.05, 0.1) is 12.1 Å². The van der Waals surface area contributed by atoms with Gasteiger partial charge in [-0.3, -0.25) is 0 Å². The van der Waals surface area contributed by atoms with Crippen molar-refractivity contribution in [2.75, 3.05) is 17.3 Å². The zero-order valence-electron chi connectivity index (χ0n) is 10.7. The fraction of sp³-hybridized carbons (Fsp3) is 0.667. The van der Waals surface area contributed by atoms with Crippen LogP contribution in [0.15, 0.2) is 6.07 Å². The van der Waals surface area contributed by atoms with E-state index in [-0.39, 0.29) is 12.1 Å². The first-order chi connectivity index (χ1) is 8.67. The summed E-state index contributed by atoms with van der Waals surface area (Å²) in [6.45, 7) is 1.94. The molecule has 1 aliphatic rings. The lowest BCUT2D eigenvalue weighted by atomic mass is 9.82. The Labute approximate surface area is 107 Å². The Morgan fingerprint density at radius 3 is 2.56 bits per heavy atom. The van der Waals surface area contributed by atoms with E-state index in [1.165, 1.54) is 6.42 Å². The first-order valence-electron chi connectivity index (χ1n) is 6.39. The van der Waals surface area contributed by atoms with E-state index >= 15 is 0 Å². The fourth-order valence-electron chi connectivity index (χ4n) is 2.53. The minimum absolute atomic E-state index is 0.126. The Morgan fingerprint density at radius 2 is 1.94 bits per heavy atom. The van der Waals surface area contributed by atoms with Gasteiger partial charge in [-0.25, -0.2) is 15.8 Å². The molecule has 2 rings (SSSR count). The maximum Gasteiger partial charge on any atom is 0.145 e. The molecule has 5 N–H and O–H groups in total. The number of nitrogens with zero attached hydrogens (tertiary/aromatic N) is 2. The third kappa shape index (κ3) is 2.88. The van der Waals surface area contributed by atoms with Crippen molar-refractivity contribution >= 4 is 11.6 Å². The quantitative estimate of drug-likeness (QED) is 0.474. The van der Waals surface area contributed by atoms with Crippen LogP contribution >= 0.6 is 0 Å². The lowest BCUT2D eigenvalue weighted by molar-refractivity contribution is 0.172. The Hall–Kier alpha value is -1.40. The van der Waals surface area contributed by atoms with E-state index in [0.29, 0.717) is 17.5 Å². The number of aliphatic hydroxyl groups excluding tert-OH is 1. The van der Waals surface area contributed by atoms with Gasteiger partial charge in [0, 0.05) is 6.07 Å². The molecule has 0 radical (unpaired) electrons. The molecule has 1 aliphatic carbocycles. The highest BCUT2D eigenvalue weighted by molar-refractivity contribution is 5.48. The van der Waals surface area contributed by atoms with Crippen molar-refractivity contribution < 1.29 is 5.11 Å². The smallest absolute Gasteiger partial charge is 0.145 e. The van der Waals surface area contributed by atoms with Gasteiger partial charge in [0.2, 0.25) is 0 Å². The van der Waals surface area contributed by atoms with Crippen LogP contribution in [0, 0.1) is 6.92 Å². The molecule has 0 spiro atoms. The largest absolute Gasteiger partial charge is 0.394 e. The maximum atomic E-state index is 9.65. The van der Waals surface area contributed by atoms with Gasteiger partial charge < -0.3 is 15.8 Å². The molecule has 1 aromatic rings. The second-order valence-corrected chi connectivity index (χ2v) is 4.95. The number of aliphatic hydroxyl groups is 1. The standard InChI is InChI=1S/C12H21N5O/c1-9-14-10(7-11(15-9)17-13)16-12(8-18)5-3-2-4-6-12/h7,18H,2-6,8,13H2,1H3,(H2,14,15,16,17). The minimum atomic E-state index is -0.245. The minimum Gasteiger partial charge on any atom is -0.394 e. The monoisotopic (exact) mass is 251 g/mol. The molecule has 6 nitrogen and oxygen atoms in total. The summed E-state index contributed by atoms with van der Waals surface area (Å²) in [6.07, 6.45) is 5.46. The molecular weight excluding hydrogens is 230 g/mol. The summed E-state index contributed by atoms with van der Waals surface area (Å²) in [5.74, 6) is 7.31. The molecule has 0 aliphatic heterocycles. The van der Waals surface area contributed by atoms with E-state index in [4.69, 9.17) is 5.84 Å². The molecule has 0 atom stereocenters. The van der Waals surface area contributed by atoms with Gasteiger partial charge in [-0.05, 0) is 19.8 Å². The molecule has 18 heavy (non-hydrogen) atoms. The van der Waals surface area contributed by atoms with Gasteiger partial charge >= 0.3 is 0 Å². The van der Waals surface area contributed by atoms with E-state index in [9.17, 15) is 5.11 Å².